The third-order valence-electron chi connectivity index (χ3n) is 6.53. The van der Waals surface area contributed by atoms with Gasteiger partial charge in [0.2, 0.25) is 5.91 Å². The summed E-state index contributed by atoms with van der Waals surface area (Å²) in [5.74, 6) is 5.29. The van der Waals surface area contributed by atoms with Gasteiger partial charge in [-0.05, 0) is 61.8 Å². The van der Waals surface area contributed by atoms with Crippen molar-refractivity contribution in [3.8, 4) is 0 Å². The van der Waals surface area contributed by atoms with E-state index in [9.17, 15) is 9.59 Å². The van der Waals surface area contributed by atoms with Gasteiger partial charge in [0, 0.05) is 31.1 Å². The molecule has 35 heavy (non-hydrogen) atoms. The first-order valence-corrected chi connectivity index (χ1v) is 12.8. The van der Waals surface area contributed by atoms with Crippen molar-refractivity contribution in [2.45, 2.75) is 77.9 Å². The molecule has 8 nitrogen and oxygen atoms in total. The van der Waals surface area contributed by atoms with Crippen LogP contribution in [0.1, 0.15) is 65.7 Å². The fraction of sp³-hybridized carbons (Fsp3) is 0.556. The second-order valence-electron chi connectivity index (χ2n) is 9.19. The molecule has 0 bridgehead atoms. The highest BCUT2D eigenvalue weighted by Crippen LogP contribution is 2.34. The van der Waals surface area contributed by atoms with Gasteiger partial charge in [0.05, 0.1) is 13.0 Å². The highest BCUT2D eigenvalue weighted by Gasteiger charge is 2.30. The summed E-state index contributed by atoms with van der Waals surface area (Å²) in [5, 5.41) is 11.2. The van der Waals surface area contributed by atoms with Gasteiger partial charge in [-0.1, -0.05) is 48.9 Å². The van der Waals surface area contributed by atoms with Crippen molar-refractivity contribution in [3.05, 3.63) is 58.2 Å². The molecule has 1 heterocycles. The summed E-state index contributed by atoms with van der Waals surface area (Å²) in [5.41, 5.74) is 5.45. The number of nitrogens with zero attached hydrogens (tertiary/aromatic N) is 3. The average molecular weight is 482 g/mol. The summed E-state index contributed by atoms with van der Waals surface area (Å²) in [6, 6.07) is 0.0207. The van der Waals surface area contributed by atoms with E-state index in [1.165, 1.54) is 11.1 Å². The lowest BCUT2D eigenvalue weighted by Gasteiger charge is -2.27. The van der Waals surface area contributed by atoms with Crippen LogP contribution in [-0.4, -0.2) is 48.7 Å². The predicted molar refractivity (Wildman–Crippen MR) is 137 cm³/mol. The lowest BCUT2D eigenvalue weighted by atomic mass is 9.84. The van der Waals surface area contributed by atoms with E-state index in [-0.39, 0.29) is 24.1 Å². The van der Waals surface area contributed by atoms with E-state index in [2.05, 4.69) is 53.8 Å². The molecule has 3 aliphatic rings. The van der Waals surface area contributed by atoms with Gasteiger partial charge >= 0.3 is 5.97 Å². The van der Waals surface area contributed by atoms with Crippen LogP contribution in [-0.2, 0) is 14.3 Å². The molecule has 8 heteroatoms. The number of rotatable bonds is 10. The molecule has 1 aliphatic heterocycles. The summed E-state index contributed by atoms with van der Waals surface area (Å²) >= 11 is 0. The normalized spacial score (nSPS) is 22.2. The van der Waals surface area contributed by atoms with Crippen LogP contribution in [0.4, 0.5) is 0 Å². The molecule has 3 rings (SSSR count). The van der Waals surface area contributed by atoms with Crippen molar-refractivity contribution in [3.63, 3.8) is 0 Å². The van der Waals surface area contributed by atoms with Gasteiger partial charge < -0.3 is 15.5 Å². The molecule has 0 aromatic rings. The number of hydrogen-bond acceptors (Lipinski definition) is 6. The van der Waals surface area contributed by atoms with Crippen LogP contribution in [0.2, 0.25) is 0 Å². The van der Waals surface area contributed by atoms with Crippen LogP contribution >= 0.6 is 0 Å². The van der Waals surface area contributed by atoms with Crippen LogP contribution in [0.25, 0.3) is 0 Å². The monoisotopic (exact) mass is 481 g/mol. The van der Waals surface area contributed by atoms with E-state index < -0.39 is 0 Å². The van der Waals surface area contributed by atoms with Crippen LogP contribution in [0, 0.1) is 0 Å². The Morgan fingerprint density at radius 3 is 2.43 bits per heavy atom. The minimum atomic E-state index is -0.355. The standard InChI is InChI=1S/C27H39N5O3/c1-4-13-32(14-5-2)27(34)23-16-22-12-11-21(17-24(22)29-25(18-23)30-31-28)20-9-7-19(8-10-20)15-26(33)35-6-3/h7,9,11-12,16,24-25,29H,4-6,8,10,13-15,17-18H2,1-3H3,(H2,28,30). The second kappa shape index (κ2) is 13.2. The summed E-state index contributed by atoms with van der Waals surface area (Å²) in [6.07, 6.45) is 15.3. The first-order valence-electron chi connectivity index (χ1n) is 12.8. The smallest absolute Gasteiger partial charge is 0.309 e. The summed E-state index contributed by atoms with van der Waals surface area (Å²) in [4.78, 5) is 27.1. The molecule has 2 aliphatic carbocycles. The molecule has 190 valence electrons. The molecule has 0 radical (unpaired) electrons. The van der Waals surface area contributed by atoms with Crippen LogP contribution in [0.3, 0.4) is 0 Å². The maximum Gasteiger partial charge on any atom is 0.309 e. The molecule has 3 N–H and O–H groups in total. The van der Waals surface area contributed by atoms with E-state index in [1.54, 1.807) is 0 Å². The van der Waals surface area contributed by atoms with Crippen molar-refractivity contribution >= 4 is 11.9 Å². The zero-order valence-corrected chi connectivity index (χ0v) is 21.3. The Labute approximate surface area is 208 Å². The number of nitrogens with one attached hydrogen (secondary N) is 1. The lowest BCUT2D eigenvalue weighted by molar-refractivity contribution is -0.142. The molecule has 0 aromatic carbocycles. The van der Waals surface area contributed by atoms with Gasteiger partial charge in [-0.2, -0.15) is 5.11 Å². The molecule has 2 unspecified atom stereocenters. The van der Waals surface area contributed by atoms with Crippen molar-refractivity contribution in [2.24, 2.45) is 16.2 Å². The van der Waals surface area contributed by atoms with Crippen LogP contribution in [0.15, 0.2) is 68.6 Å². The fourth-order valence-corrected chi connectivity index (χ4v) is 4.87. The molecule has 1 amide bonds. The zero-order chi connectivity index (χ0) is 25.2. The van der Waals surface area contributed by atoms with Gasteiger partial charge in [0.25, 0.3) is 0 Å². The van der Waals surface area contributed by atoms with Gasteiger partial charge in [0.1, 0.15) is 6.17 Å². The number of esters is 1. The quantitative estimate of drug-likeness (QED) is 0.208. The number of allylic oxidation sites excluding steroid dienone is 5. The van der Waals surface area contributed by atoms with Crippen molar-refractivity contribution in [2.75, 3.05) is 19.7 Å². The van der Waals surface area contributed by atoms with E-state index in [1.807, 2.05) is 17.9 Å². The van der Waals surface area contributed by atoms with Gasteiger partial charge in [0.15, 0.2) is 0 Å². The summed E-state index contributed by atoms with van der Waals surface area (Å²) < 4.78 is 5.07. The Morgan fingerprint density at radius 2 is 1.80 bits per heavy atom. The first kappa shape index (κ1) is 26.6. The molecular weight excluding hydrogens is 442 g/mol. The fourth-order valence-electron chi connectivity index (χ4n) is 4.87. The predicted octanol–water partition coefficient (Wildman–Crippen LogP) is 4.43. The zero-order valence-electron chi connectivity index (χ0n) is 21.3. The van der Waals surface area contributed by atoms with Crippen molar-refractivity contribution < 1.29 is 14.3 Å². The van der Waals surface area contributed by atoms with Gasteiger partial charge in [-0.15, -0.1) is 0 Å². The third-order valence-corrected chi connectivity index (χ3v) is 6.53. The molecule has 0 saturated carbocycles. The van der Waals surface area contributed by atoms with Gasteiger partial charge in [-0.25, -0.2) is 0 Å². The first-order chi connectivity index (χ1) is 17.0. The Morgan fingerprint density at radius 1 is 1.06 bits per heavy atom. The lowest BCUT2D eigenvalue weighted by Crippen LogP contribution is -2.39. The minimum absolute atomic E-state index is 0.0207. The second-order valence-corrected chi connectivity index (χ2v) is 9.19. The number of carbonyl (C=O) groups is 2. The molecule has 0 spiro atoms. The number of carbonyl (C=O) groups excluding carboxylic acids is 2. The highest BCUT2D eigenvalue weighted by atomic mass is 16.5. The molecule has 2 atom stereocenters. The number of amides is 1. The number of nitrogens with two attached hydrogens (primary N) is 1. The van der Waals surface area contributed by atoms with Crippen molar-refractivity contribution in [1.82, 2.24) is 10.2 Å². The van der Waals surface area contributed by atoms with E-state index in [4.69, 9.17) is 10.6 Å². The molecule has 0 saturated heterocycles. The number of hydrogen-bond donors (Lipinski definition) is 2. The van der Waals surface area contributed by atoms with Gasteiger partial charge in [-0.3, -0.25) is 14.9 Å². The molecule has 0 fully saturated rings. The largest absolute Gasteiger partial charge is 0.466 e. The molecule has 0 aromatic heterocycles. The Balaban J connectivity index is 1.82. The van der Waals surface area contributed by atoms with Crippen molar-refractivity contribution in [1.29, 1.82) is 0 Å². The maximum atomic E-state index is 13.4. The summed E-state index contributed by atoms with van der Waals surface area (Å²) in [7, 11) is 0. The SMILES string of the molecule is CCCN(CCC)C(=O)C1=CC2=CC=C(C3=CC=C(CC(=O)OCC)CC3)CC2NC(N=NN)C1. The van der Waals surface area contributed by atoms with E-state index >= 15 is 0 Å². The number of ether oxygens (including phenoxy) is 1. The molecular formula is C27H39N5O3. The Bertz CT molecular complexity index is 967. The third kappa shape index (κ3) is 7.24. The summed E-state index contributed by atoms with van der Waals surface area (Å²) in [6.45, 7) is 7.89. The topological polar surface area (TPSA) is 109 Å². The van der Waals surface area contributed by atoms with Crippen LogP contribution in [0.5, 0.6) is 0 Å². The Kier molecular flexibility index (Phi) is 10.0. The van der Waals surface area contributed by atoms with E-state index in [0.29, 0.717) is 19.4 Å². The minimum Gasteiger partial charge on any atom is -0.466 e. The number of fused-ring (bicyclic) bond motifs is 1. The average Bonchev–Trinajstić information content (AvgIpc) is 3.03. The maximum absolute atomic E-state index is 13.4. The Hall–Kier alpha value is -3.00. The highest BCUT2D eigenvalue weighted by molar-refractivity contribution is 5.94. The van der Waals surface area contributed by atoms with Crippen LogP contribution < -0.4 is 11.2 Å². The van der Waals surface area contributed by atoms with E-state index in [0.717, 1.165) is 61.9 Å².